The summed E-state index contributed by atoms with van der Waals surface area (Å²) in [7, 11) is 0. The second kappa shape index (κ2) is 9.78. The first kappa shape index (κ1) is 18.9. The first-order valence-corrected chi connectivity index (χ1v) is 12.2. The standard InChI is InChI=1S/C29H34FN3O5/c1-28(2)16-32(17-29(3,4)38-28)13-18-8-9-22(30)19(12-18)15-37-24-7-5-6-20-21(24)14-33(27(20)36)23-10-11-25(34)31-26(23)35/h5-9,12,23H,10-11,13-17H2,1-4H3,(H,31,34,35)/i10D2,11D2,13D2,23D. The normalized spacial score (nSPS) is 30.5. The molecule has 8 nitrogen and oxygen atoms in total. The fourth-order valence-corrected chi connectivity index (χ4v) is 5.14. The third-order valence-electron chi connectivity index (χ3n) is 6.34. The summed E-state index contributed by atoms with van der Waals surface area (Å²) >= 11 is 0. The van der Waals surface area contributed by atoms with Gasteiger partial charge in [-0.1, -0.05) is 12.1 Å². The van der Waals surface area contributed by atoms with Crippen LogP contribution in [0.2, 0.25) is 0 Å². The van der Waals surface area contributed by atoms with Crippen LogP contribution in [0, 0.1) is 5.82 Å². The molecule has 0 radical (unpaired) electrons. The van der Waals surface area contributed by atoms with Gasteiger partial charge in [-0.25, -0.2) is 4.39 Å². The number of halogens is 1. The maximum atomic E-state index is 15.0. The van der Waals surface area contributed by atoms with E-state index in [0.29, 0.717) is 4.90 Å². The summed E-state index contributed by atoms with van der Waals surface area (Å²) in [5, 5.41) is 1.67. The predicted molar refractivity (Wildman–Crippen MR) is 138 cm³/mol. The Labute approximate surface area is 231 Å². The fraction of sp³-hybridized carbons (Fsp3) is 0.483. The van der Waals surface area contributed by atoms with Gasteiger partial charge in [0.05, 0.1) is 19.1 Å². The zero-order valence-corrected chi connectivity index (χ0v) is 21.6. The van der Waals surface area contributed by atoms with Gasteiger partial charge in [0.2, 0.25) is 11.8 Å². The fourth-order valence-electron chi connectivity index (χ4n) is 5.14. The van der Waals surface area contributed by atoms with Gasteiger partial charge >= 0.3 is 0 Å². The Bertz CT molecular complexity index is 1590. The van der Waals surface area contributed by atoms with Crippen LogP contribution in [0.25, 0.3) is 0 Å². The summed E-state index contributed by atoms with van der Waals surface area (Å²) in [5.74, 6) is -4.59. The van der Waals surface area contributed by atoms with Gasteiger partial charge in [0.25, 0.3) is 5.91 Å². The molecule has 1 N–H and O–H groups in total. The van der Waals surface area contributed by atoms with Crippen molar-refractivity contribution < 1.29 is 37.8 Å². The van der Waals surface area contributed by atoms with Crippen LogP contribution in [0.3, 0.4) is 0 Å². The van der Waals surface area contributed by atoms with Crippen molar-refractivity contribution in [3.05, 3.63) is 64.5 Å². The number of carbonyl (C=O) groups is 3. The molecule has 2 fully saturated rings. The number of ether oxygens (including phenoxy) is 2. The van der Waals surface area contributed by atoms with Gasteiger partial charge in [-0.2, -0.15) is 0 Å². The Morgan fingerprint density at radius 3 is 2.66 bits per heavy atom. The highest BCUT2D eigenvalue weighted by Gasteiger charge is 2.40. The molecule has 0 aliphatic carbocycles. The molecule has 3 amide bonds. The number of carbonyl (C=O) groups excluding carboxylic acids is 3. The molecule has 5 rings (SSSR count). The lowest BCUT2D eigenvalue weighted by Gasteiger charge is -2.47. The zero-order chi connectivity index (χ0) is 33.5. The first-order chi connectivity index (χ1) is 20.5. The molecule has 2 aromatic carbocycles. The lowest BCUT2D eigenvalue weighted by Crippen LogP contribution is -2.56. The van der Waals surface area contributed by atoms with Crippen LogP contribution >= 0.6 is 0 Å². The van der Waals surface area contributed by atoms with Gasteiger partial charge in [-0.05, 0) is 63.9 Å². The molecule has 0 aromatic heterocycles. The highest BCUT2D eigenvalue weighted by Crippen LogP contribution is 2.34. The average molecular weight is 531 g/mol. The van der Waals surface area contributed by atoms with Gasteiger partial charge in [-0.3, -0.25) is 24.6 Å². The van der Waals surface area contributed by atoms with E-state index in [4.69, 9.17) is 19.1 Å². The van der Waals surface area contributed by atoms with Crippen LogP contribution in [0.4, 0.5) is 4.39 Å². The van der Waals surface area contributed by atoms with Gasteiger partial charge in [0.15, 0.2) is 0 Å². The summed E-state index contributed by atoms with van der Waals surface area (Å²) < 4.78 is 86.0. The lowest BCUT2D eigenvalue weighted by atomic mass is 9.98. The molecular weight excluding hydrogens is 489 g/mol. The first-order valence-electron chi connectivity index (χ1n) is 15.7. The van der Waals surface area contributed by atoms with Crippen LogP contribution in [-0.2, 0) is 34.0 Å². The van der Waals surface area contributed by atoms with Crippen LogP contribution in [0.15, 0.2) is 36.4 Å². The van der Waals surface area contributed by atoms with Gasteiger partial charge < -0.3 is 14.4 Å². The van der Waals surface area contributed by atoms with E-state index in [9.17, 15) is 14.4 Å². The smallest absolute Gasteiger partial charge is 0.255 e. The largest absolute Gasteiger partial charge is 0.488 e. The molecule has 3 heterocycles. The van der Waals surface area contributed by atoms with E-state index in [1.807, 2.05) is 27.7 Å². The molecule has 1 atom stereocenters. The lowest BCUT2D eigenvalue weighted by molar-refractivity contribution is -0.182. The molecule has 0 bridgehead atoms. The summed E-state index contributed by atoms with van der Waals surface area (Å²) in [6.07, 6.45) is -6.73. The number of fused-ring (bicyclic) bond motifs is 1. The number of morpholine rings is 1. The number of nitrogens with one attached hydrogen (secondary N) is 1. The summed E-state index contributed by atoms with van der Waals surface area (Å²) in [6.45, 7) is 5.17. The number of amides is 3. The molecule has 2 saturated heterocycles. The number of benzene rings is 2. The highest BCUT2D eigenvalue weighted by molar-refractivity contribution is 6.05. The zero-order valence-electron chi connectivity index (χ0n) is 28.6. The van der Waals surface area contributed by atoms with E-state index in [-0.39, 0.29) is 47.7 Å². The van der Waals surface area contributed by atoms with Crippen molar-refractivity contribution in [2.24, 2.45) is 0 Å². The number of rotatable bonds is 6. The Hall–Kier alpha value is -3.30. The number of imide groups is 1. The topological polar surface area (TPSA) is 88.2 Å². The van der Waals surface area contributed by atoms with Crippen molar-refractivity contribution in [1.29, 1.82) is 0 Å². The quantitative estimate of drug-likeness (QED) is 0.575. The molecular formula is C29H34FN3O5. The summed E-state index contributed by atoms with van der Waals surface area (Å²) in [4.78, 5) is 40.5. The van der Waals surface area contributed by atoms with Crippen molar-refractivity contribution in [2.45, 2.75) is 77.3 Å². The molecule has 202 valence electrons. The van der Waals surface area contributed by atoms with Gasteiger partial charge in [0, 0.05) is 50.9 Å². The Kier molecular flexibility index (Phi) is 4.86. The molecule has 1 unspecified atom stereocenters. The van der Waals surface area contributed by atoms with Crippen molar-refractivity contribution in [3.63, 3.8) is 0 Å². The molecule has 3 aliphatic rings. The number of nitrogens with zero attached hydrogens (tertiary/aromatic N) is 2. The molecule has 3 aliphatic heterocycles. The second-order valence-electron chi connectivity index (χ2n) is 10.7. The van der Waals surface area contributed by atoms with Gasteiger partial charge in [-0.15, -0.1) is 0 Å². The van der Waals surface area contributed by atoms with Crippen molar-refractivity contribution in [2.75, 3.05) is 13.1 Å². The number of hydrogen-bond donors (Lipinski definition) is 1. The van der Waals surface area contributed by atoms with Gasteiger partial charge in [0.1, 0.15) is 24.2 Å². The average Bonchev–Trinajstić information content (AvgIpc) is 3.26. The van der Waals surface area contributed by atoms with E-state index in [1.165, 1.54) is 30.3 Å². The van der Waals surface area contributed by atoms with E-state index >= 15 is 4.39 Å². The highest BCUT2D eigenvalue weighted by atomic mass is 19.1. The van der Waals surface area contributed by atoms with E-state index in [2.05, 4.69) is 0 Å². The molecule has 9 heteroatoms. The van der Waals surface area contributed by atoms with E-state index in [0.717, 1.165) is 6.07 Å². The van der Waals surface area contributed by atoms with Crippen molar-refractivity contribution in [3.8, 4) is 5.75 Å². The maximum Gasteiger partial charge on any atom is 0.255 e. The molecule has 0 spiro atoms. The van der Waals surface area contributed by atoms with Crippen LogP contribution in [0.1, 0.15) is 77.1 Å². The van der Waals surface area contributed by atoms with E-state index < -0.39 is 66.5 Å². The van der Waals surface area contributed by atoms with E-state index in [1.54, 1.807) is 10.2 Å². The third-order valence-corrected chi connectivity index (χ3v) is 6.34. The Morgan fingerprint density at radius 2 is 1.92 bits per heavy atom. The van der Waals surface area contributed by atoms with Crippen molar-refractivity contribution in [1.82, 2.24) is 15.1 Å². The maximum absolute atomic E-state index is 15.0. The predicted octanol–water partition coefficient (Wildman–Crippen LogP) is 3.56. The minimum Gasteiger partial charge on any atom is -0.488 e. The number of hydrogen-bond acceptors (Lipinski definition) is 6. The van der Waals surface area contributed by atoms with Crippen molar-refractivity contribution >= 4 is 17.7 Å². The minimum atomic E-state index is -3.42. The number of piperidine rings is 1. The monoisotopic (exact) mass is 530 g/mol. The van der Waals surface area contributed by atoms with Crippen LogP contribution in [-0.4, -0.2) is 57.8 Å². The van der Waals surface area contributed by atoms with Crippen LogP contribution in [0.5, 0.6) is 5.75 Å². The van der Waals surface area contributed by atoms with Crippen LogP contribution < -0.4 is 10.1 Å². The second-order valence-corrected chi connectivity index (χ2v) is 10.7. The Morgan fingerprint density at radius 1 is 1.18 bits per heavy atom. The summed E-state index contributed by atoms with van der Waals surface area (Å²) in [5.41, 5.74) is -0.931. The third kappa shape index (κ3) is 5.44. The molecule has 0 saturated carbocycles. The Balaban J connectivity index is 1.41. The summed E-state index contributed by atoms with van der Waals surface area (Å²) in [6, 6.07) is 5.00. The SMILES string of the molecule is [2H]C([2H])(c1ccc(F)c(COc2cccc3c2CN(C2([2H])C(=O)NC(=O)C([2H])([2H])C2([2H])[2H])C3=O)c1)N1CC(C)(C)OC(C)(C)C1. The minimum absolute atomic E-state index is 0.0219. The molecule has 2 aromatic rings. The molecule has 38 heavy (non-hydrogen) atoms.